The van der Waals surface area contributed by atoms with Gasteiger partial charge in [-0.05, 0) is 43.0 Å². The molecule has 0 spiro atoms. The van der Waals surface area contributed by atoms with Crippen molar-refractivity contribution in [2.24, 2.45) is 0 Å². The minimum atomic E-state index is -3.40. The van der Waals surface area contributed by atoms with Crippen LogP contribution in [0.3, 0.4) is 0 Å². The first-order chi connectivity index (χ1) is 11.6. The monoisotopic (exact) mass is 346 g/mol. The molecule has 0 unspecified atom stereocenters. The van der Waals surface area contributed by atoms with Crippen LogP contribution < -0.4 is 5.32 Å². The molecule has 1 aromatic carbocycles. The van der Waals surface area contributed by atoms with Crippen LogP contribution >= 0.6 is 0 Å². The van der Waals surface area contributed by atoms with Gasteiger partial charge in [-0.15, -0.1) is 0 Å². The molecule has 7 heteroatoms. The highest BCUT2D eigenvalue weighted by Crippen LogP contribution is 2.22. The standard InChI is InChI=1S/C17H22N4O2S/c1-2-14-3-5-16(6-4-14)24(22,23)21-11-8-15(9-12-21)20-17-7-10-18-13-19-17/h3-7,10,13,15H,2,8-9,11-12H2,1H3,(H,18,19,20). The van der Waals surface area contributed by atoms with Crippen molar-refractivity contribution in [2.75, 3.05) is 18.4 Å². The van der Waals surface area contributed by atoms with Crippen molar-refractivity contribution in [1.82, 2.24) is 14.3 Å². The molecule has 128 valence electrons. The number of rotatable bonds is 5. The minimum Gasteiger partial charge on any atom is -0.367 e. The predicted molar refractivity (Wildman–Crippen MR) is 93.3 cm³/mol. The van der Waals surface area contributed by atoms with Crippen LogP contribution in [0.4, 0.5) is 5.82 Å². The van der Waals surface area contributed by atoms with E-state index in [-0.39, 0.29) is 6.04 Å². The molecular formula is C17H22N4O2S. The summed E-state index contributed by atoms with van der Waals surface area (Å²) in [5.41, 5.74) is 1.14. The van der Waals surface area contributed by atoms with E-state index >= 15 is 0 Å². The second kappa shape index (κ2) is 7.27. The second-order valence-corrected chi connectivity index (χ2v) is 7.85. The summed E-state index contributed by atoms with van der Waals surface area (Å²) in [6, 6.07) is 9.23. The fourth-order valence-corrected chi connectivity index (χ4v) is 4.34. The van der Waals surface area contributed by atoms with E-state index in [2.05, 4.69) is 22.2 Å². The number of hydrogen-bond acceptors (Lipinski definition) is 5. The summed E-state index contributed by atoms with van der Waals surface area (Å²) in [5, 5.41) is 3.34. The zero-order valence-electron chi connectivity index (χ0n) is 13.7. The molecule has 1 fully saturated rings. The number of aryl methyl sites for hydroxylation is 1. The third-order valence-electron chi connectivity index (χ3n) is 4.36. The Morgan fingerprint density at radius 2 is 1.88 bits per heavy atom. The quantitative estimate of drug-likeness (QED) is 0.899. The minimum absolute atomic E-state index is 0.230. The van der Waals surface area contributed by atoms with Gasteiger partial charge >= 0.3 is 0 Å². The number of piperidine rings is 1. The molecule has 1 saturated heterocycles. The van der Waals surface area contributed by atoms with Gasteiger partial charge in [0, 0.05) is 25.3 Å². The molecule has 0 aliphatic carbocycles. The first-order valence-electron chi connectivity index (χ1n) is 8.21. The van der Waals surface area contributed by atoms with Crippen molar-refractivity contribution in [2.45, 2.75) is 37.1 Å². The largest absolute Gasteiger partial charge is 0.367 e. The average Bonchev–Trinajstić information content (AvgIpc) is 2.63. The van der Waals surface area contributed by atoms with Gasteiger partial charge in [0.15, 0.2) is 0 Å². The van der Waals surface area contributed by atoms with Crippen molar-refractivity contribution in [3.8, 4) is 0 Å². The van der Waals surface area contributed by atoms with Gasteiger partial charge in [-0.25, -0.2) is 18.4 Å². The lowest BCUT2D eigenvalue weighted by Crippen LogP contribution is -2.42. The second-order valence-electron chi connectivity index (χ2n) is 5.91. The van der Waals surface area contributed by atoms with Gasteiger partial charge in [0.05, 0.1) is 4.90 Å². The number of anilines is 1. The fraction of sp³-hybridized carbons (Fsp3) is 0.412. The van der Waals surface area contributed by atoms with Crippen molar-refractivity contribution in [3.05, 3.63) is 48.4 Å². The van der Waals surface area contributed by atoms with Crippen LogP contribution in [0, 0.1) is 0 Å². The number of nitrogens with zero attached hydrogens (tertiary/aromatic N) is 3. The average molecular weight is 346 g/mol. The number of sulfonamides is 1. The molecule has 2 aromatic rings. The van der Waals surface area contributed by atoms with Crippen LogP contribution in [-0.4, -0.2) is 41.8 Å². The third-order valence-corrected chi connectivity index (χ3v) is 6.27. The third kappa shape index (κ3) is 3.73. The van der Waals surface area contributed by atoms with Gasteiger partial charge in [0.1, 0.15) is 12.1 Å². The smallest absolute Gasteiger partial charge is 0.243 e. The molecule has 2 heterocycles. The highest BCUT2D eigenvalue weighted by atomic mass is 32.2. The Balaban J connectivity index is 1.62. The zero-order chi connectivity index (χ0) is 17.0. The maximum atomic E-state index is 12.7. The molecule has 0 amide bonds. The molecule has 1 aromatic heterocycles. The number of benzene rings is 1. The van der Waals surface area contributed by atoms with E-state index in [1.807, 2.05) is 18.2 Å². The summed E-state index contributed by atoms with van der Waals surface area (Å²) in [7, 11) is -3.40. The van der Waals surface area contributed by atoms with E-state index in [1.54, 1.807) is 22.6 Å². The normalized spacial score (nSPS) is 16.9. The Kier molecular flexibility index (Phi) is 5.11. The summed E-state index contributed by atoms with van der Waals surface area (Å²) in [5.74, 6) is 0.779. The number of hydrogen-bond donors (Lipinski definition) is 1. The molecule has 6 nitrogen and oxygen atoms in total. The van der Waals surface area contributed by atoms with Gasteiger partial charge in [-0.3, -0.25) is 0 Å². The Morgan fingerprint density at radius 3 is 2.46 bits per heavy atom. The van der Waals surface area contributed by atoms with Crippen molar-refractivity contribution < 1.29 is 8.42 Å². The van der Waals surface area contributed by atoms with Gasteiger partial charge in [0.25, 0.3) is 0 Å². The summed E-state index contributed by atoms with van der Waals surface area (Å²) < 4.78 is 27.0. The molecule has 0 atom stereocenters. The lowest BCUT2D eigenvalue weighted by molar-refractivity contribution is 0.329. The first kappa shape index (κ1) is 16.9. The molecule has 1 N–H and O–H groups in total. The van der Waals surface area contributed by atoms with E-state index in [1.165, 1.54) is 6.33 Å². The number of nitrogens with one attached hydrogen (secondary N) is 1. The fourth-order valence-electron chi connectivity index (χ4n) is 2.87. The van der Waals surface area contributed by atoms with E-state index in [0.29, 0.717) is 18.0 Å². The predicted octanol–water partition coefficient (Wildman–Crippen LogP) is 2.30. The number of aromatic nitrogens is 2. The summed E-state index contributed by atoms with van der Waals surface area (Å²) in [6.07, 6.45) is 5.61. The lowest BCUT2D eigenvalue weighted by Gasteiger charge is -2.31. The van der Waals surface area contributed by atoms with E-state index in [4.69, 9.17) is 0 Å². The van der Waals surface area contributed by atoms with Gasteiger partial charge in [-0.1, -0.05) is 19.1 Å². The lowest BCUT2D eigenvalue weighted by atomic mass is 10.1. The Hall–Kier alpha value is -1.99. The van der Waals surface area contributed by atoms with E-state index < -0.39 is 10.0 Å². The molecule has 0 saturated carbocycles. The molecule has 0 radical (unpaired) electrons. The first-order valence-corrected chi connectivity index (χ1v) is 9.65. The van der Waals surface area contributed by atoms with Crippen LogP contribution in [0.15, 0.2) is 47.8 Å². The summed E-state index contributed by atoms with van der Waals surface area (Å²) in [4.78, 5) is 8.42. The van der Waals surface area contributed by atoms with Crippen LogP contribution in [0.2, 0.25) is 0 Å². The van der Waals surface area contributed by atoms with Gasteiger partial charge in [-0.2, -0.15) is 4.31 Å². The van der Waals surface area contributed by atoms with Crippen molar-refractivity contribution in [3.63, 3.8) is 0 Å². The van der Waals surface area contributed by atoms with Crippen LogP contribution in [0.5, 0.6) is 0 Å². The Morgan fingerprint density at radius 1 is 1.17 bits per heavy atom. The SMILES string of the molecule is CCc1ccc(S(=O)(=O)N2CCC(Nc3ccncn3)CC2)cc1. The summed E-state index contributed by atoms with van der Waals surface area (Å²) in [6.45, 7) is 3.08. The van der Waals surface area contributed by atoms with Crippen LogP contribution in [-0.2, 0) is 16.4 Å². The van der Waals surface area contributed by atoms with Crippen molar-refractivity contribution >= 4 is 15.8 Å². The Bertz CT molecular complexity index is 755. The van der Waals surface area contributed by atoms with Gasteiger partial charge in [0.2, 0.25) is 10.0 Å². The topological polar surface area (TPSA) is 75.2 Å². The highest BCUT2D eigenvalue weighted by molar-refractivity contribution is 7.89. The van der Waals surface area contributed by atoms with Crippen molar-refractivity contribution in [1.29, 1.82) is 0 Å². The molecule has 1 aliphatic heterocycles. The molecule has 1 aliphatic rings. The maximum Gasteiger partial charge on any atom is 0.243 e. The summed E-state index contributed by atoms with van der Waals surface area (Å²) >= 11 is 0. The van der Waals surface area contributed by atoms with Crippen LogP contribution in [0.1, 0.15) is 25.3 Å². The maximum absolute atomic E-state index is 12.7. The molecule has 3 rings (SSSR count). The van der Waals surface area contributed by atoms with Crippen LogP contribution in [0.25, 0.3) is 0 Å². The molecular weight excluding hydrogens is 324 g/mol. The molecule has 24 heavy (non-hydrogen) atoms. The van der Waals surface area contributed by atoms with Gasteiger partial charge < -0.3 is 5.32 Å². The van der Waals surface area contributed by atoms with E-state index in [0.717, 1.165) is 30.6 Å². The Labute approximate surface area is 143 Å². The van der Waals surface area contributed by atoms with E-state index in [9.17, 15) is 8.42 Å². The highest BCUT2D eigenvalue weighted by Gasteiger charge is 2.29. The zero-order valence-corrected chi connectivity index (χ0v) is 14.5. The molecule has 0 bridgehead atoms.